The van der Waals surface area contributed by atoms with E-state index in [-0.39, 0.29) is 17.5 Å². The van der Waals surface area contributed by atoms with E-state index in [9.17, 15) is 9.59 Å². The smallest absolute Gasteiger partial charge is 0.282 e. The zero-order valence-corrected chi connectivity index (χ0v) is 18.9. The molecule has 32 heavy (non-hydrogen) atoms. The molecule has 0 aliphatic carbocycles. The van der Waals surface area contributed by atoms with Gasteiger partial charge in [-0.05, 0) is 57.0 Å². The molecule has 3 aromatic carbocycles. The molecule has 2 amide bonds. The van der Waals surface area contributed by atoms with Crippen molar-refractivity contribution in [3.8, 4) is 5.75 Å². The van der Waals surface area contributed by atoms with Crippen LogP contribution < -0.4 is 15.0 Å². The minimum atomic E-state index is -0.386. The van der Waals surface area contributed by atoms with Gasteiger partial charge in [-0.1, -0.05) is 53.6 Å². The Balaban J connectivity index is 1.89. The third-order valence-corrected chi connectivity index (χ3v) is 5.69. The van der Waals surface area contributed by atoms with Crippen LogP contribution in [0.3, 0.4) is 0 Å². The van der Waals surface area contributed by atoms with E-state index in [1.807, 2.05) is 76.2 Å². The molecule has 5 heteroatoms. The molecule has 5 nitrogen and oxygen atoms in total. The second kappa shape index (κ2) is 8.35. The Morgan fingerprint density at radius 2 is 1.44 bits per heavy atom. The van der Waals surface area contributed by atoms with Crippen LogP contribution in [0.5, 0.6) is 5.75 Å². The summed E-state index contributed by atoms with van der Waals surface area (Å²) < 4.78 is 5.52. The Bertz CT molecular complexity index is 1270. The van der Waals surface area contributed by atoms with E-state index >= 15 is 0 Å². The fourth-order valence-corrected chi connectivity index (χ4v) is 4.11. The molecule has 4 rings (SSSR count). The highest BCUT2D eigenvalue weighted by Gasteiger charge is 2.41. The van der Waals surface area contributed by atoms with E-state index in [2.05, 4.69) is 5.32 Å². The van der Waals surface area contributed by atoms with Gasteiger partial charge in [0, 0.05) is 11.3 Å². The van der Waals surface area contributed by atoms with Crippen molar-refractivity contribution in [2.24, 2.45) is 0 Å². The van der Waals surface area contributed by atoms with Gasteiger partial charge in [-0.2, -0.15) is 0 Å². The SMILES string of the molecule is COc1ccccc1C1=C(Nc2ccc(C)cc2C)C(=O)N(c2ccc(C)cc2C)C1=O. The molecule has 0 fully saturated rings. The molecule has 1 heterocycles. The predicted molar refractivity (Wildman–Crippen MR) is 128 cm³/mol. The van der Waals surface area contributed by atoms with Crippen LogP contribution >= 0.6 is 0 Å². The van der Waals surface area contributed by atoms with Crippen LogP contribution in [0.2, 0.25) is 0 Å². The monoisotopic (exact) mass is 426 g/mol. The zero-order valence-electron chi connectivity index (χ0n) is 18.9. The summed E-state index contributed by atoms with van der Waals surface area (Å²) in [4.78, 5) is 28.6. The summed E-state index contributed by atoms with van der Waals surface area (Å²) >= 11 is 0. The van der Waals surface area contributed by atoms with Crippen molar-refractivity contribution < 1.29 is 14.3 Å². The van der Waals surface area contributed by atoms with Crippen molar-refractivity contribution in [1.82, 2.24) is 0 Å². The van der Waals surface area contributed by atoms with Gasteiger partial charge >= 0.3 is 0 Å². The molecule has 0 spiro atoms. The van der Waals surface area contributed by atoms with Crippen molar-refractivity contribution in [2.45, 2.75) is 27.7 Å². The molecule has 1 N–H and O–H groups in total. The quantitative estimate of drug-likeness (QED) is 0.561. The molecule has 0 radical (unpaired) electrons. The number of rotatable bonds is 5. The van der Waals surface area contributed by atoms with Gasteiger partial charge in [0.1, 0.15) is 11.4 Å². The van der Waals surface area contributed by atoms with E-state index in [1.165, 1.54) is 4.90 Å². The Morgan fingerprint density at radius 1 is 0.781 bits per heavy atom. The second-order valence-corrected chi connectivity index (χ2v) is 8.13. The van der Waals surface area contributed by atoms with Crippen molar-refractivity contribution in [1.29, 1.82) is 0 Å². The van der Waals surface area contributed by atoms with E-state index in [0.29, 0.717) is 22.6 Å². The number of hydrogen-bond donors (Lipinski definition) is 1. The lowest BCUT2D eigenvalue weighted by Gasteiger charge is -2.18. The van der Waals surface area contributed by atoms with Crippen LogP contribution in [0.4, 0.5) is 11.4 Å². The van der Waals surface area contributed by atoms with Gasteiger partial charge in [0.25, 0.3) is 11.8 Å². The van der Waals surface area contributed by atoms with Crippen LogP contribution in [0.15, 0.2) is 66.4 Å². The summed E-state index contributed by atoms with van der Waals surface area (Å²) in [7, 11) is 1.56. The maximum Gasteiger partial charge on any atom is 0.282 e. The van der Waals surface area contributed by atoms with E-state index in [1.54, 1.807) is 19.2 Å². The molecule has 0 atom stereocenters. The average molecular weight is 427 g/mol. The maximum atomic E-state index is 13.7. The van der Waals surface area contributed by atoms with Crippen LogP contribution in [0, 0.1) is 27.7 Å². The largest absolute Gasteiger partial charge is 0.496 e. The third-order valence-electron chi connectivity index (χ3n) is 5.69. The van der Waals surface area contributed by atoms with Crippen molar-refractivity contribution in [2.75, 3.05) is 17.3 Å². The molecule has 1 aliphatic rings. The molecule has 162 valence electrons. The van der Waals surface area contributed by atoms with E-state index < -0.39 is 0 Å². The normalized spacial score (nSPS) is 13.7. The molecular weight excluding hydrogens is 400 g/mol. The second-order valence-electron chi connectivity index (χ2n) is 8.13. The molecule has 0 unspecified atom stereocenters. The summed E-state index contributed by atoms with van der Waals surface area (Å²) in [5.74, 6) is -0.229. The Morgan fingerprint density at radius 3 is 2.09 bits per heavy atom. The van der Waals surface area contributed by atoms with Gasteiger partial charge in [-0.15, -0.1) is 0 Å². The first-order valence-electron chi connectivity index (χ1n) is 10.5. The standard InChI is InChI=1S/C27H26N2O3/c1-16-10-12-21(18(3)14-16)28-25-24(20-8-6-7-9-23(20)32-5)26(30)29(27(25)31)22-13-11-17(2)15-19(22)4/h6-15,28H,1-5H3. The summed E-state index contributed by atoms with van der Waals surface area (Å²) in [6.07, 6.45) is 0. The summed E-state index contributed by atoms with van der Waals surface area (Å²) in [5.41, 5.74) is 6.51. The molecule has 1 aliphatic heterocycles. The number of methoxy groups -OCH3 is 1. The number of benzene rings is 3. The number of ether oxygens (including phenoxy) is 1. The fraction of sp³-hybridized carbons (Fsp3) is 0.185. The van der Waals surface area contributed by atoms with Crippen molar-refractivity contribution >= 4 is 28.8 Å². The number of anilines is 2. The molecule has 0 saturated carbocycles. The summed E-state index contributed by atoms with van der Waals surface area (Å²) in [6, 6.07) is 18.9. The lowest BCUT2D eigenvalue weighted by molar-refractivity contribution is -0.120. The Hall–Kier alpha value is -3.86. The number of hydrogen-bond acceptors (Lipinski definition) is 4. The number of nitrogens with zero attached hydrogens (tertiary/aromatic N) is 1. The van der Waals surface area contributed by atoms with E-state index in [4.69, 9.17) is 4.74 Å². The highest BCUT2D eigenvalue weighted by atomic mass is 16.5. The van der Waals surface area contributed by atoms with Gasteiger partial charge in [0.15, 0.2) is 0 Å². The Kier molecular flexibility index (Phi) is 5.57. The van der Waals surface area contributed by atoms with E-state index in [0.717, 1.165) is 27.9 Å². The fourth-order valence-electron chi connectivity index (χ4n) is 4.11. The van der Waals surface area contributed by atoms with Crippen LogP contribution in [-0.4, -0.2) is 18.9 Å². The third kappa shape index (κ3) is 3.66. The first-order valence-corrected chi connectivity index (χ1v) is 10.5. The highest BCUT2D eigenvalue weighted by molar-refractivity contribution is 6.46. The first kappa shape index (κ1) is 21.4. The summed E-state index contributed by atoms with van der Waals surface area (Å²) in [6.45, 7) is 7.88. The van der Waals surface area contributed by atoms with Gasteiger partial charge in [-0.3, -0.25) is 9.59 Å². The van der Waals surface area contributed by atoms with Crippen LogP contribution in [0.25, 0.3) is 5.57 Å². The van der Waals surface area contributed by atoms with Crippen LogP contribution in [0.1, 0.15) is 27.8 Å². The molecule has 3 aromatic rings. The van der Waals surface area contributed by atoms with Gasteiger partial charge in [-0.25, -0.2) is 4.90 Å². The lowest BCUT2D eigenvalue weighted by Crippen LogP contribution is -2.33. The number of nitrogens with one attached hydrogen (secondary N) is 1. The Labute approximate surface area is 188 Å². The van der Waals surface area contributed by atoms with Gasteiger partial charge in [0.05, 0.1) is 18.4 Å². The van der Waals surface area contributed by atoms with Crippen LogP contribution in [-0.2, 0) is 9.59 Å². The zero-order chi connectivity index (χ0) is 23.0. The van der Waals surface area contributed by atoms with Crippen molar-refractivity contribution in [3.05, 3.63) is 94.2 Å². The minimum Gasteiger partial charge on any atom is -0.496 e. The minimum absolute atomic E-state index is 0.242. The molecule has 0 aromatic heterocycles. The maximum absolute atomic E-state index is 13.7. The number of imide groups is 1. The lowest BCUT2D eigenvalue weighted by atomic mass is 10.0. The predicted octanol–water partition coefficient (Wildman–Crippen LogP) is 5.33. The average Bonchev–Trinajstić information content (AvgIpc) is 2.99. The number of carbonyl (C=O) groups is 2. The number of carbonyl (C=O) groups excluding carboxylic acids is 2. The van der Waals surface area contributed by atoms with Gasteiger partial charge < -0.3 is 10.1 Å². The molecule has 0 saturated heterocycles. The first-order chi connectivity index (χ1) is 15.3. The molecular formula is C27H26N2O3. The number of aryl methyl sites for hydroxylation is 4. The topological polar surface area (TPSA) is 58.6 Å². The number of para-hydroxylation sites is 1. The number of amides is 2. The van der Waals surface area contributed by atoms with Gasteiger partial charge in [0.2, 0.25) is 0 Å². The van der Waals surface area contributed by atoms with Crippen molar-refractivity contribution in [3.63, 3.8) is 0 Å². The molecule has 0 bridgehead atoms. The summed E-state index contributed by atoms with van der Waals surface area (Å²) in [5, 5.41) is 3.26. The highest BCUT2D eigenvalue weighted by Crippen LogP contribution is 2.38.